The largest absolute Gasteiger partial charge is 0.309 e. The van der Waals surface area contributed by atoms with Crippen molar-refractivity contribution in [3.63, 3.8) is 0 Å². The number of nitrogens with zero attached hydrogens (tertiary/aromatic N) is 3. The number of hydrogen-bond acceptors (Lipinski definition) is 6. The van der Waals surface area contributed by atoms with E-state index in [1.54, 1.807) is 6.07 Å². The van der Waals surface area contributed by atoms with E-state index < -0.39 is 5.91 Å². The number of hydrazone groups is 1. The van der Waals surface area contributed by atoms with E-state index in [1.165, 1.54) is 35.9 Å². The van der Waals surface area contributed by atoms with Crippen molar-refractivity contribution in [2.24, 2.45) is 5.10 Å². The second kappa shape index (κ2) is 6.41. The van der Waals surface area contributed by atoms with E-state index in [9.17, 15) is 4.79 Å². The number of rotatable bonds is 2. The first-order chi connectivity index (χ1) is 7.27. The fraction of sp³-hybridized carbons (Fsp3) is 0.250. The predicted molar refractivity (Wildman–Crippen MR) is 64.0 cm³/mol. The SMILES string of the molecule is CSC(=NNC(=O)c1ncccn1)SC. The van der Waals surface area contributed by atoms with Crippen molar-refractivity contribution in [2.75, 3.05) is 12.5 Å². The maximum Gasteiger partial charge on any atom is 0.309 e. The van der Waals surface area contributed by atoms with Crippen molar-refractivity contribution >= 4 is 33.8 Å². The molecule has 7 heteroatoms. The molecule has 1 rings (SSSR count). The molecular formula is C8H10N4OS2. The van der Waals surface area contributed by atoms with E-state index in [1.807, 2.05) is 12.5 Å². The Bertz CT molecular complexity index is 349. The first kappa shape index (κ1) is 12.0. The third-order valence-electron chi connectivity index (χ3n) is 1.37. The van der Waals surface area contributed by atoms with Gasteiger partial charge in [-0.25, -0.2) is 15.4 Å². The lowest BCUT2D eigenvalue weighted by atomic mass is 10.5. The highest BCUT2D eigenvalue weighted by atomic mass is 32.2. The minimum Gasteiger partial charge on any atom is -0.264 e. The zero-order valence-corrected chi connectivity index (χ0v) is 9.93. The molecular weight excluding hydrogens is 232 g/mol. The van der Waals surface area contributed by atoms with Crippen molar-refractivity contribution in [2.45, 2.75) is 0 Å². The summed E-state index contributed by atoms with van der Waals surface area (Å²) in [6.07, 6.45) is 6.80. The molecule has 0 radical (unpaired) electrons. The van der Waals surface area contributed by atoms with Crippen LogP contribution in [0.5, 0.6) is 0 Å². The molecule has 15 heavy (non-hydrogen) atoms. The van der Waals surface area contributed by atoms with Crippen molar-refractivity contribution in [1.82, 2.24) is 15.4 Å². The highest BCUT2D eigenvalue weighted by Crippen LogP contribution is 2.09. The van der Waals surface area contributed by atoms with Crippen molar-refractivity contribution in [1.29, 1.82) is 0 Å². The lowest BCUT2D eigenvalue weighted by molar-refractivity contribution is 0.0944. The first-order valence-electron chi connectivity index (χ1n) is 4.01. The predicted octanol–water partition coefficient (Wildman–Crippen LogP) is 1.20. The standard InChI is InChI=1S/C8H10N4OS2/c1-14-8(15-2)12-11-7(13)6-9-4-3-5-10-6/h3-5H,1-2H3,(H,11,13). The lowest BCUT2D eigenvalue weighted by Gasteiger charge is -1.99. The minimum atomic E-state index is -0.406. The molecule has 0 aliphatic carbocycles. The Labute approximate surface area is 96.2 Å². The Morgan fingerprint density at radius 1 is 1.33 bits per heavy atom. The summed E-state index contributed by atoms with van der Waals surface area (Å²) in [5.41, 5.74) is 2.38. The van der Waals surface area contributed by atoms with E-state index in [4.69, 9.17) is 0 Å². The van der Waals surface area contributed by atoms with Gasteiger partial charge in [0.15, 0.2) is 0 Å². The van der Waals surface area contributed by atoms with Crippen LogP contribution in [0.3, 0.4) is 0 Å². The van der Waals surface area contributed by atoms with E-state index in [-0.39, 0.29) is 5.82 Å². The van der Waals surface area contributed by atoms with Crippen LogP contribution in [0.4, 0.5) is 0 Å². The summed E-state index contributed by atoms with van der Waals surface area (Å²) in [4.78, 5) is 19.0. The molecule has 0 saturated heterocycles. The average molecular weight is 242 g/mol. The molecule has 1 aromatic rings. The fourth-order valence-electron chi connectivity index (χ4n) is 0.737. The second-order valence-electron chi connectivity index (χ2n) is 2.30. The minimum absolute atomic E-state index is 0.114. The van der Waals surface area contributed by atoms with Gasteiger partial charge in [0.1, 0.15) is 4.38 Å². The van der Waals surface area contributed by atoms with Crippen LogP contribution in [0.15, 0.2) is 23.6 Å². The van der Waals surface area contributed by atoms with Gasteiger partial charge in [-0.3, -0.25) is 4.79 Å². The molecule has 1 amide bonds. The Morgan fingerprint density at radius 2 is 1.93 bits per heavy atom. The van der Waals surface area contributed by atoms with Crippen LogP contribution in [0.25, 0.3) is 0 Å². The number of thioether (sulfide) groups is 2. The molecule has 0 unspecified atom stereocenters. The Balaban J connectivity index is 2.61. The number of hydrogen-bond donors (Lipinski definition) is 1. The quantitative estimate of drug-likeness (QED) is 0.479. The summed E-state index contributed by atoms with van der Waals surface area (Å²) in [5, 5.41) is 3.90. The van der Waals surface area contributed by atoms with Gasteiger partial charge in [-0.15, -0.1) is 23.5 Å². The van der Waals surface area contributed by atoms with Crippen LogP contribution in [-0.4, -0.2) is 32.8 Å². The number of amides is 1. The average Bonchev–Trinajstić information content (AvgIpc) is 2.31. The lowest BCUT2D eigenvalue weighted by Crippen LogP contribution is -2.20. The summed E-state index contributed by atoms with van der Waals surface area (Å²) >= 11 is 2.93. The second-order valence-corrected chi connectivity index (χ2v) is 4.15. The third kappa shape index (κ3) is 3.88. The fourth-order valence-corrected chi connectivity index (χ4v) is 1.68. The normalized spacial score (nSPS) is 9.47. The molecule has 1 aromatic heterocycles. The van der Waals surface area contributed by atoms with Crippen molar-refractivity contribution in [3.05, 3.63) is 24.3 Å². The Morgan fingerprint density at radius 3 is 2.47 bits per heavy atom. The molecule has 0 aliphatic heterocycles. The van der Waals surface area contributed by atoms with E-state index >= 15 is 0 Å². The van der Waals surface area contributed by atoms with E-state index in [2.05, 4.69) is 20.5 Å². The molecule has 0 fully saturated rings. The van der Waals surface area contributed by atoms with Crippen LogP contribution in [-0.2, 0) is 0 Å². The highest BCUT2D eigenvalue weighted by Gasteiger charge is 2.06. The molecule has 0 bridgehead atoms. The Kier molecular flexibility index (Phi) is 5.13. The molecule has 0 saturated carbocycles. The molecule has 5 nitrogen and oxygen atoms in total. The summed E-state index contributed by atoms with van der Waals surface area (Å²) in [7, 11) is 0. The van der Waals surface area contributed by atoms with Crippen LogP contribution in [0, 0.1) is 0 Å². The first-order valence-corrected chi connectivity index (χ1v) is 6.46. The van der Waals surface area contributed by atoms with Crippen molar-refractivity contribution in [3.8, 4) is 0 Å². The van der Waals surface area contributed by atoms with Crippen LogP contribution in [0.1, 0.15) is 10.6 Å². The van der Waals surface area contributed by atoms with Crippen LogP contribution in [0.2, 0.25) is 0 Å². The molecule has 1 heterocycles. The highest BCUT2D eigenvalue weighted by molar-refractivity contribution is 8.38. The van der Waals surface area contributed by atoms with Gasteiger partial charge in [-0.2, -0.15) is 5.10 Å². The molecule has 0 atom stereocenters. The summed E-state index contributed by atoms with van der Waals surface area (Å²) in [6, 6.07) is 1.65. The maximum absolute atomic E-state index is 11.4. The number of carbonyl (C=O) groups excluding carboxylic acids is 1. The van der Waals surface area contributed by atoms with Crippen LogP contribution >= 0.6 is 23.5 Å². The monoisotopic (exact) mass is 242 g/mol. The van der Waals surface area contributed by atoms with E-state index in [0.717, 1.165) is 4.38 Å². The van der Waals surface area contributed by atoms with Gasteiger partial charge in [0.2, 0.25) is 5.82 Å². The zero-order chi connectivity index (χ0) is 11.1. The van der Waals surface area contributed by atoms with Gasteiger partial charge in [0, 0.05) is 12.4 Å². The van der Waals surface area contributed by atoms with E-state index in [0.29, 0.717) is 0 Å². The van der Waals surface area contributed by atoms with Crippen LogP contribution < -0.4 is 5.43 Å². The number of nitrogens with one attached hydrogen (secondary N) is 1. The topological polar surface area (TPSA) is 67.2 Å². The van der Waals surface area contributed by atoms with Gasteiger partial charge in [-0.1, -0.05) is 0 Å². The van der Waals surface area contributed by atoms with Gasteiger partial charge in [-0.05, 0) is 18.6 Å². The number of carbonyl (C=O) groups is 1. The molecule has 1 N–H and O–H groups in total. The summed E-state index contributed by atoms with van der Waals surface area (Å²) < 4.78 is 0.777. The van der Waals surface area contributed by atoms with Gasteiger partial charge in [0.05, 0.1) is 0 Å². The molecule has 0 spiro atoms. The van der Waals surface area contributed by atoms with Crippen molar-refractivity contribution < 1.29 is 4.79 Å². The zero-order valence-electron chi connectivity index (χ0n) is 8.30. The molecule has 0 aliphatic rings. The summed E-state index contributed by atoms with van der Waals surface area (Å²) in [6.45, 7) is 0. The maximum atomic E-state index is 11.4. The van der Waals surface area contributed by atoms with Gasteiger partial charge >= 0.3 is 5.91 Å². The smallest absolute Gasteiger partial charge is 0.264 e. The Hall–Kier alpha value is -1.08. The number of aromatic nitrogens is 2. The molecule has 80 valence electrons. The van der Waals surface area contributed by atoms with Gasteiger partial charge < -0.3 is 0 Å². The third-order valence-corrected chi connectivity index (χ3v) is 3.25. The van der Waals surface area contributed by atoms with Gasteiger partial charge in [0.25, 0.3) is 0 Å². The molecule has 0 aromatic carbocycles. The summed E-state index contributed by atoms with van der Waals surface area (Å²) in [5.74, 6) is -0.293.